The van der Waals surface area contributed by atoms with E-state index in [-0.39, 0.29) is 11.8 Å². The minimum absolute atomic E-state index is 0.0216. The average molecular weight is 394 g/mol. The minimum Gasteiger partial charge on any atom is -0.444 e. The molecule has 0 aromatic carbocycles. The second kappa shape index (κ2) is 7.88. The van der Waals surface area contributed by atoms with Crippen molar-refractivity contribution in [2.75, 3.05) is 32.7 Å². The molecular weight excluding hydrogens is 366 g/mol. The first-order chi connectivity index (χ1) is 12.8. The molecule has 0 unspecified atom stereocenters. The number of thiophene rings is 1. The number of hydrogen-bond acceptors (Lipinski definition) is 5. The predicted octanol–water partition coefficient (Wildman–Crippen LogP) is 2.43. The molecule has 27 heavy (non-hydrogen) atoms. The van der Waals surface area contributed by atoms with Gasteiger partial charge >= 0.3 is 6.09 Å². The van der Waals surface area contributed by atoms with E-state index in [0.29, 0.717) is 39.1 Å². The third kappa shape index (κ3) is 4.61. The predicted molar refractivity (Wildman–Crippen MR) is 103 cm³/mol. The van der Waals surface area contributed by atoms with Crippen LogP contribution >= 0.6 is 11.3 Å². The summed E-state index contributed by atoms with van der Waals surface area (Å²) in [6, 6.07) is 3.23. The number of piperazine rings is 1. The molecule has 1 aromatic heterocycles. The SMILES string of the molecule is CC(C)(C)OC(=O)N1CCC[C@@H]1C(=O)N1CCN(C(=O)c2cccs2)CC1. The summed E-state index contributed by atoms with van der Waals surface area (Å²) in [6.07, 6.45) is 1.03. The Labute approximate surface area is 163 Å². The van der Waals surface area contributed by atoms with Crippen molar-refractivity contribution >= 4 is 29.2 Å². The van der Waals surface area contributed by atoms with E-state index < -0.39 is 17.7 Å². The van der Waals surface area contributed by atoms with Gasteiger partial charge in [0.05, 0.1) is 4.88 Å². The molecule has 148 valence electrons. The van der Waals surface area contributed by atoms with Crippen molar-refractivity contribution < 1.29 is 19.1 Å². The fraction of sp³-hybridized carbons (Fsp3) is 0.632. The first-order valence-electron chi connectivity index (χ1n) is 9.37. The lowest BCUT2D eigenvalue weighted by molar-refractivity contribution is -0.137. The van der Waals surface area contributed by atoms with Crippen LogP contribution < -0.4 is 0 Å². The Kier molecular flexibility index (Phi) is 5.74. The molecule has 2 fully saturated rings. The number of carbonyl (C=O) groups excluding carboxylic acids is 3. The van der Waals surface area contributed by atoms with Crippen LogP contribution in [0.15, 0.2) is 17.5 Å². The maximum atomic E-state index is 13.0. The quantitative estimate of drug-likeness (QED) is 0.774. The molecular formula is C19H27N3O4S. The van der Waals surface area contributed by atoms with Crippen molar-refractivity contribution in [1.29, 1.82) is 0 Å². The van der Waals surface area contributed by atoms with Crippen LogP contribution in [0.4, 0.5) is 4.79 Å². The monoisotopic (exact) mass is 393 g/mol. The van der Waals surface area contributed by atoms with Crippen molar-refractivity contribution in [1.82, 2.24) is 14.7 Å². The minimum atomic E-state index is -0.582. The molecule has 0 saturated carbocycles. The molecule has 0 N–H and O–H groups in total. The van der Waals surface area contributed by atoms with Gasteiger partial charge in [0.15, 0.2) is 0 Å². The molecule has 3 heterocycles. The van der Waals surface area contributed by atoms with Gasteiger partial charge in [0, 0.05) is 32.7 Å². The number of carbonyl (C=O) groups is 3. The number of likely N-dealkylation sites (tertiary alicyclic amines) is 1. The number of nitrogens with zero attached hydrogens (tertiary/aromatic N) is 3. The molecule has 0 spiro atoms. The van der Waals surface area contributed by atoms with Crippen molar-refractivity contribution in [3.8, 4) is 0 Å². The van der Waals surface area contributed by atoms with Crippen molar-refractivity contribution in [3.05, 3.63) is 22.4 Å². The van der Waals surface area contributed by atoms with E-state index in [9.17, 15) is 14.4 Å². The van der Waals surface area contributed by atoms with Crippen LogP contribution in [0.1, 0.15) is 43.3 Å². The van der Waals surface area contributed by atoms with E-state index in [1.165, 1.54) is 11.3 Å². The average Bonchev–Trinajstić information content (AvgIpc) is 3.30. The molecule has 3 amide bonds. The van der Waals surface area contributed by atoms with Gasteiger partial charge in [-0.25, -0.2) is 4.79 Å². The lowest BCUT2D eigenvalue weighted by atomic mass is 10.1. The summed E-state index contributed by atoms with van der Waals surface area (Å²) < 4.78 is 5.44. The molecule has 1 aromatic rings. The smallest absolute Gasteiger partial charge is 0.410 e. The van der Waals surface area contributed by atoms with E-state index in [2.05, 4.69) is 0 Å². The standard InChI is InChI=1S/C19H27N3O4S/c1-19(2,3)26-18(25)22-8-4-6-14(22)16(23)20-9-11-21(12-10-20)17(24)15-7-5-13-27-15/h5,7,13-14H,4,6,8-12H2,1-3H3/t14-/m1/s1. The van der Waals surface area contributed by atoms with Gasteiger partial charge in [-0.15, -0.1) is 11.3 Å². The number of ether oxygens (including phenoxy) is 1. The lowest BCUT2D eigenvalue weighted by Gasteiger charge is -2.37. The zero-order chi connectivity index (χ0) is 19.6. The Hall–Kier alpha value is -2.09. The lowest BCUT2D eigenvalue weighted by Crippen LogP contribution is -2.55. The zero-order valence-corrected chi connectivity index (χ0v) is 17.0. The maximum Gasteiger partial charge on any atom is 0.410 e. The molecule has 3 rings (SSSR count). The first kappa shape index (κ1) is 19.7. The Morgan fingerprint density at radius 1 is 1.07 bits per heavy atom. The number of amides is 3. The van der Waals surface area contributed by atoms with Gasteiger partial charge in [-0.3, -0.25) is 14.5 Å². The molecule has 2 saturated heterocycles. The second-order valence-corrected chi connectivity index (χ2v) is 8.87. The highest BCUT2D eigenvalue weighted by Crippen LogP contribution is 2.23. The summed E-state index contributed by atoms with van der Waals surface area (Å²) in [5.74, 6) is -0.0186. The third-order valence-electron chi connectivity index (χ3n) is 4.78. The summed E-state index contributed by atoms with van der Waals surface area (Å²) in [5, 5.41) is 1.89. The Morgan fingerprint density at radius 3 is 2.33 bits per heavy atom. The van der Waals surface area contributed by atoms with Gasteiger partial charge in [0.2, 0.25) is 5.91 Å². The third-order valence-corrected chi connectivity index (χ3v) is 5.63. The van der Waals surface area contributed by atoms with Gasteiger partial charge in [-0.05, 0) is 45.1 Å². The fourth-order valence-corrected chi connectivity index (χ4v) is 4.15. The van der Waals surface area contributed by atoms with Crippen LogP contribution in [0.3, 0.4) is 0 Å². The highest BCUT2D eigenvalue weighted by atomic mass is 32.1. The van der Waals surface area contributed by atoms with Gasteiger partial charge in [-0.2, -0.15) is 0 Å². The molecule has 0 bridgehead atoms. The van der Waals surface area contributed by atoms with Gasteiger partial charge in [-0.1, -0.05) is 6.07 Å². The van der Waals surface area contributed by atoms with Crippen LogP contribution in [0, 0.1) is 0 Å². The van der Waals surface area contributed by atoms with Crippen molar-refractivity contribution in [2.45, 2.75) is 45.3 Å². The van der Waals surface area contributed by atoms with Gasteiger partial charge in [0.1, 0.15) is 11.6 Å². The fourth-order valence-electron chi connectivity index (χ4n) is 3.46. The summed E-state index contributed by atoms with van der Waals surface area (Å²) >= 11 is 1.43. The molecule has 1 atom stereocenters. The largest absolute Gasteiger partial charge is 0.444 e. The molecule has 2 aliphatic heterocycles. The molecule has 8 heteroatoms. The van der Waals surface area contributed by atoms with E-state index >= 15 is 0 Å². The van der Waals surface area contributed by atoms with Crippen LogP contribution in [0.2, 0.25) is 0 Å². The highest BCUT2D eigenvalue weighted by Gasteiger charge is 2.39. The van der Waals surface area contributed by atoms with Crippen LogP contribution in [0.25, 0.3) is 0 Å². The normalized spacial score (nSPS) is 20.7. The van der Waals surface area contributed by atoms with Crippen molar-refractivity contribution in [3.63, 3.8) is 0 Å². The van der Waals surface area contributed by atoms with E-state index in [1.807, 2.05) is 38.3 Å². The van der Waals surface area contributed by atoms with Crippen molar-refractivity contribution in [2.24, 2.45) is 0 Å². The summed E-state index contributed by atoms with van der Waals surface area (Å²) in [5.41, 5.74) is -0.582. The Morgan fingerprint density at radius 2 is 1.74 bits per heavy atom. The molecule has 0 radical (unpaired) electrons. The topological polar surface area (TPSA) is 70.2 Å². The molecule has 7 nitrogen and oxygen atoms in total. The summed E-state index contributed by atoms with van der Waals surface area (Å²) in [6.45, 7) is 8.03. The molecule has 2 aliphatic rings. The van der Waals surface area contributed by atoms with Gasteiger partial charge < -0.3 is 14.5 Å². The highest BCUT2D eigenvalue weighted by molar-refractivity contribution is 7.12. The first-order valence-corrected chi connectivity index (χ1v) is 10.3. The van der Waals surface area contributed by atoms with E-state index in [0.717, 1.165) is 11.3 Å². The maximum absolute atomic E-state index is 13.0. The van der Waals surface area contributed by atoms with Gasteiger partial charge in [0.25, 0.3) is 5.91 Å². The Bertz CT molecular complexity index is 690. The van der Waals surface area contributed by atoms with E-state index in [4.69, 9.17) is 4.74 Å². The van der Waals surface area contributed by atoms with Crippen LogP contribution in [-0.4, -0.2) is 77.0 Å². The molecule has 0 aliphatic carbocycles. The summed E-state index contributed by atoms with van der Waals surface area (Å²) in [4.78, 5) is 43.6. The summed E-state index contributed by atoms with van der Waals surface area (Å²) in [7, 11) is 0. The Balaban J connectivity index is 1.57. The van der Waals surface area contributed by atoms with Crippen LogP contribution in [-0.2, 0) is 9.53 Å². The van der Waals surface area contributed by atoms with Crippen LogP contribution in [0.5, 0.6) is 0 Å². The van der Waals surface area contributed by atoms with E-state index in [1.54, 1.807) is 14.7 Å². The zero-order valence-electron chi connectivity index (χ0n) is 16.1. The number of hydrogen-bond donors (Lipinski definition) is 0. The second-order valence-electron chi connectivity index (χ2n) is 7.93. The number of rotatable bonds is 2.